The summed E-state index contributed by atoms with van der Waals surface area (Å²) in [6, 6.07) is 21.3. The molecule has 2 aromatic carbocycles. The maximum Gasteiger partial charge on any atom is 0.251 e. The Morgan fingerprint density at radius 3 is 2.07 bits per heavy atom. The molecule has 0 bridgehead atoms. The van der Waals surface area contributed by atoms with E-state index in [2.05, 4.69) is 98.9 Å². The van der Waals surface area contributed by atoms with E-state index in [0.29, 0.717) is 29.5 Å². The van der Waals surface area contributed by atoms with Crippen molar-refractivity contribution < 1.29 is 9.59 Å². The third kappa shape index (κ3) is 15.2. The summed E-state index contributed by atoms with van der Waals surface area (Å²) in [6.45, 7) is 15.9. The van der Waals surface area contributed by atoms with Gasteiger partial charge in [0.2, 0.25) is 0 Å². The second-order valence-electron chi connectivity index (χ2n) is 11.9. The number of amides is 1. The molecule has 8 heteroatoms. The van der Waals surface area contributed by atoms with E-state index in [-0.39, 0.29) is 5.91 Å². The van der Waals surface area contributed by atoms with Gasteiger partial charge >= 0.3 is 0 Å². The maximum atomic E-state index is 12.1. The number of thiazole rings is 1. The van der Waals surface area contributed by atoms with Crippen molar-refractivity contribution in [2.75, 3.05) is 27.2 Å². The minimum atomic E-state index is -0.152. The van der Waals surface area contributed by atoms with Crippen molar-refractivity contribution in [1.29, 1.82) is 0 Å². The summed E-state index contributed by atoms with van der Waals surface area (Å²) in [4.78, 5) is 34.1. The van der Waals surface area contributed by atoms with E-state index in [1.54, 1.807) is 35.6 Å². The van der Waals surface area contributed by atoms with Gasteiger partial charge in [-0.15, -0.1) is 11.3 Å². The molecule has 0 aliphatic heterocycles. The number of aromatic nitrogens is 2. The van der Waals surface area contributed by atoms with Crippen LogP contribution in [0.2, 0.25) is 0 Å². The Hall–Kier alpha value is -3.72. The van der Waals surface area contributed by atoms with E-state index >= 15 is 0 Å². The van der Waals surface area contributed by atoms with Gasteiger partial charge in [0.05, 0.1) is 0 Å². The molecule has 0 spiro atoms. The number of nitrogens with one attached hydrogen (secondary N) is 2. The number of pyridine rings is 1. The number of hydrogen-bond donors (Lipinski definition) is 2. The number of carbonyl (C=O) groups excluding carboxylic acids is 2. The molecule has 2 N–H and O–H groups in total. The van der Waals surface area contributed by atoms with E-state index in [1.165, 1.54) is 16.1 Å². The standard InChI is InChI=1S/C23H31N3O2.C7H12N2S.C7H8/c1-16(2)21-12-19(13-22(26-21)17(3)4)14-24-9-6-10-25-23(28)20-8-5-7-18(11-20)15-27;1-6-5-10-7(8-6)4-9(2)3;1-7-5-3-2-4-6-7/h5,7-8,11-13,15-17,24H,6,9-10,14H2,1-4H3,(H,25,28);5H,4H2,1-3H3;2-6H,1H3. The predicted octanol–water partition coefficient (Wildman–Crippen LogP) is 7.56. The highest BCUT2D eigenvalue weighted by Gasteiger charge is 2.09. The molecule has 7 nitrogen and oxygen atoms in total. The van der Waals surface area contributed by atoms with Crippen molar-refractivity contribution in [3.63, 3.8) is 0 Å². The predicted molar refractivity (Wildman–Crippen MR) is 188 cm³/mol. The summed E-state index contributed by atoms with van der Waals surface area (Å²) in [5.74, 6) is 0.664. The van der Waals surface area contributed by atoms with Crippen molar-refractivity contribution in [2.24, 2.45) is 0 Å². The highest BCUT2D eigenvalue weighted by Crippen LogP contribution is 2.19. The van der Waals surface area contributed by atoms with Gasteiger partial charge in [0.25, 0.3) is 5.91 Å². The Bertz CT molecular complexity index is 1410. The fourth-order valence-corrected chi connectivity index (χ4v) is 5.00. The molecule has 4 aromatic rings. The number of aryl methyl sites for hydroxylation is 2. The molecule has 0 saturated heterocycles. The van der Waals surface area contributed by atoms with Gasteiger partial charge in [-0.2, -0.15) is 0 Å². The van der Waals surface area contributed by atoms with Crippen LogP contribution in [-0.4, -0.2) is 54.2 Å². The van der Waals surface area contributed by atoms with Crippen LogP contribution >= 0.6 is 11.3 Å². The van der Waals surface area contributed by atoms with Crippen molar-refractivity contribution >= 4 is 23.5 Å². The minimum absolute atomic E-state index is 0.152. The zero-order chi connectivity index (χ0) is 33.2. The van der Waals surface area contributed by atoms with Crippen molar-refractivity contribution in [3.05, 3.63) is 116 Å². The van der Waals surface area contributed by atoms with E-state index in [0.717, 1.165) is 49.4 Å². The molecule has 0 fully saturated rings. The molecule has 0 radical (unpaired) electrons. The third-order valence-electron chi connectivity index (χ3n) is 6.60. The summed E-state index contributed by atoms with van der Waals surface area (Å²) in [6.07, 6.45) is 1.58. The van der Waals surface area contributed by atoms with Gasteiger partial charge < -0.3 is 15.5 Å². The summed E-state index contributed by atoms with van der Waals surface area (Å²) >= 11 is 1.73. The molecule has 0 aliphatic rings. The fourth-order valence-electron chi connectivity index (χ4n) is 4.11. The third-order valence-corrected chi connectivity index (χ3v) is 7.55. The van der Waals surface area contributed by atoms with Crippen molar-refractivity contribution in [2.45, 2.75) is 72.9 Å². The lowest BCUT2D eigenvalue weighted by Gasteiger charge is -2.14. The summed E-state index contributed by atoms with van der Waals surface area (Å²) in [5.41, 5.74) is 6.98. The number of aldehydes is 1. The van der Waals surface area contributed by atoms with Crippen molar-refractivity contribution in [1.82, 2.24) is 25.5 Å². The van der Waals surface area contributed by atoms with Crippen molar-refractivity contribution in [3.8, 4) is 0 Å². The van der Waals surface area contributed by atoms with Gasteiger partial charge in [0.15, 0.2) is 0 Å². The lowest BCUT2D eigenvalue weighted by Crippen LogP contribution is -2.27. The quantitative estimate of drug-likeness (QED) is 0.124. The van der Waals surface area contributed by atoms with Crippen LogP contribution < -0.4 is 10.6 Å². The summed E-state index contributed by atoms with van der Waals surface area (Å²) < 4.78 is 0. The smallest absolute Gasteiger partial charge is 0.251 e. The van der Waals surface area contributed by atoms with Gasteiger partial charge in [0.1, 0.15) is 11.3 Å². The lowest BCUT2D eigenvalue weighted by molar-refractivity contribution is 0.0953. The first-order valence-electron chi connectivity index (χ1n) is 15.6. The molecule has 0 atom stereocenters. The first kappa shape index (κ1) is 37.5. The van der Waals surface area contributed by atoms with Crippen LogP contribution in [0.3, 0.4) is 0 Å². The average Bonchev–Trinajstić information content (AvgIpc) is 3.43. The second-order valence-corrected chi connectivity index (χ2v) is 12.9. The Kier molecular flexibility index (Phi) is 16.9. The Morgan fingerprint density at radius 2 is 1.56 bits per heavy atom. The molecule has 0 saturated carbocycles. The average molecular weight is 630 g/mol. The second kappa shape index (κ2) is 20.3. The van der Waals surface area contributed by atoms with Crippen LogP contribution in [0, 0.1) is 13.8 Å². The normalized spacial score (nSPS) is 10.6. The Labute approximate surface area is 274 Å². The molecule has 2 aromatic heterocycles. The Balaban J connectivity index is 0.000000334. The van der Waals surface area contributed by atoms with Crippen LogP contribution in [0.25, 0.3) is 0 Å². The van der Waals surface area contributed by atoms with Gasteiger partial charge in [-0.3, -0.25) is 14.6 Å². The monoisotopic (exact) mass is 629 g/mol. The van der Waals surface area contributed by atoms with Crippen LogP contribution in [0.15, 0.2) is 72.1 Å². The summed E-state index contributed by atoms with van der Waals surface area (Å²) in [7, 11) is 4.10. The number of hydrogen-bond acceptors (Lipinski definition) is 7. The van der Waals surface area contributed by atoms with Gasteiger partial charge in [-0.05, 0) is 82.6 Å². The molecule has 1 amide bonds. The van der Waals surface area contributed by atoms with Gasteiger partial charge in [0, 0.05) is 53.2 Å². The van der Waals surface area contributed by atoms with E-state index in [9.17, 15) is 9.59 Å². The number of rotatable bonds is 12. The molecular formula is C37H51N5O2S. The molecule has 242 valence electrons. The number of carbonyl (C=O) groups is 2. The Morgan fingerprint density at radius 1 is 0.889 bits per heavy atom. The molecule has 2 heterocycles. The zero-order valence-electron chi connectivity index (χ0n) is 28.3. The van der Waals surface area contributed by atoms with E-state index < -0.39 is 0 Å². The topological polar surface area (TPSA) is 87.2 Å². The fraction of sp³-hybridized carbons (Fsp3) is 0.405. The molecule has 0 aliphatic carbocycles. The zero-order valence-corrected chi connectivity index (χ0v) is 29.1. The van der Waals surface area contributed by atoms with Gasteiger partial charge in [-0.25, -0.2) is 4.98 Å². The lowest BCUT2D eigenvalue weighted by atomic mass is 10.0. The molecular weight excluding hydrogens is 579 g/mol. The van der Waals surface area contributed by atoms with Crippen LogP contribution in [-0.2, 0) is 13.1 Å². The van der Waals surface area contributed by atoms with Crippen LogP contribution in [0.1, 0.15) is 99.9 Å². The van der Waals surface area contributed by atoms with Crippen LogP contribution in [0.4, 0.5) is 0 Å². The SMILES string of the molecule is CC(C)c1cc(CNCCCNC(=O)c2cccc(C=O)c2)cc(C(C)C)n1.Cc1ccccc1.Cc1csc(CN(C)C)n1. The van der Waals surface area contributed by atoms with E-state index in [1.807, 2.05) is 25.1 Å². The van der Waals surface area contributed by atoms with Gasteiger partial charge in [-0.1, -0.05) is 75.7 Å². The molecule has 45 heavy (non-hydrogen) atoms. The highest BCUT2D eigenvalue weighted by atomic mass is 32.1. The molecule has 0 unspecified atom stereocenters. The molecule has 4 rings (SSSR count). The van der Waals surface area contributed by atoms with Crippen LogP contribution in [0.5, 0.6) is 0 Å². The first-order chi connectivity index (χ1) is 21.5. The largest absolute Gasteiger partial charge is 0.352 e. The number of nitrogens with zero attached hydrogens (tertiary/aromatic N) is 3. The summed E-state index contributed by atoms with van der Waals surface area (Å²) in [5, 5.41) is 9.61. The number of benzene rings is 2. The van der Waals surface area contributed by atoms with E-state index in [4.69, 9.17) is 4.98 Å². The highest BCUT2D eigenvalue weighted by molar-refractivity contribution is 7.09. The minimum Gasteiger partial charge on any atom is -0.352 e. The first-order valence-corrected chi connectivity index (χ1v) is 16.5. The maximum absolute atomic E-state index is 12.1.